The maximum atomic E-state index is 14.5. The number of halogens is 3. The van der Waals surface area contributed by atoms with Crippen LogP contribution in [0.2, 0.25) is 5.15 Å². The van der Waals surface area contributed by atoms with Crippen molar-refractivity contribution in [3.63, 3.8) is 0 Å². The minimum absolute atomic E-state index is 0.0995. The Balaban J connectivity index is 1.73. The number of pyridine rings is 1. The molecule has 0 aromatic carbocycles. The van der Waals surface area contributed by atoms with E-state index in [0.717, 1.165) is 0 Å². The summed E-state index contributed by atoms with van der Waals surface area (Å²) in [6.07, 6.45) is 2.35. The number of aryl methyl sites for hydroxylation is 1. The Bertz CT molecular complexity index is 781. The number of carbonyl (C=O) groups is 1. The molecule has 0 spiro atoms. The van der Waals surface area contributed by atoms with Crippen LogP contribution in [0, 0.1) is 5.82 Å². The van der Waals surface area contributed by atoms with Crippen molar-refractivity contribution in [1.82, 2.24) is 14.9 Å². The molecule has 4 nitrogen and oxygen atoms in total. The fourth-order valence-corrected chi connectivity index (χ4v) is 3.94. The number of carbonyl (C=O) groups excluding carboxylic acids is 1. The van der Waals surface area contributed by atoms with E-state index >= 15 is 0 Å². The maximum absolute atomic E-state index is 14.5. The van der Waals surface area contributed by atoms with E-state index in [0.29, 0.717) is 24.8 Å². The average Bonchev–Trinajstić information content (AvgIpc) is 2.60. The normalized spacial score (nSPS) is 29.9. The Morgan fingerprint density at radius 2 is 2.14 bits per heavy atom. The van der Waals surface area contributed by atoms with Crippen molar-refractivity contribution in [2.75, 3.05) is 0 Å². The van der Waals surface area contributed by atoms with Crippen LogP contribution >= 0.6 is 11.6 Å². The van der Waals surface area contributed by atoms with Gasteiger partial charge in [0, 0.05) is 43.4 Å². The second-order valence-electron chi connectivity index (χ2n) is 6.14. The predicted octanol–water partition coefficient (Wildman–Crippen LogP) is 2.74. The molecule has 2 bridgehead atoms. The third-order valence-corrected chi connectivity index (χ3v) is 4.83. The number of aromatic nitrogens is 2. The quantitative estimate of drug-likeness (QED) is 0.867. The van der Waals surface area contributed by atoms with Crippen molar-refractivity contribution in [3.8, 4) is 0 Å². The zero-order valence-electron chi connectivity index (χ0n) is 11.2. The fraction of sp³-hybridized carbons (Fsp3) is 0.429. The van der Waals surface area contributed by atoms with Gasteiger partial charge in [0.2, 0.25) is 0 Å². The van der Waals surface area contributed by atoms with E-state index < -0.39 is 22.9 Å². The van der Waals surface area contributed by atoms with Crippen LogP contribution in [0.15, 0.2) is 12.3 Å². The summed E-state index contributed by atoms with van der Waals surface area (Å²) < 4.78 is 29.3. The minimum Gasteiger partial charge on any atom is -0.345 e. The predicted molar refractivity (Wildman–Crippen MR) is 73.6 cm³/mol. The Morgan fingerprint density at radius 3 is 2.71 bits per heavy atom. The van der Waals surface area contributed by atoms with Gasteiger partial charge in [-0.1, -0.05) is 11.6 Å². The molecular weight excluding hydrogens is 300 g/mol. The molecule has 3 fully saturated rings. The Kier molecular flexibility index (Phi) is 2.32. The summed E-state index contributed by atoms with van der Waals surface area (Å²) >= 11 is 5.97. The van der Waals surface area contributed by atoms with Gasteiger partial charge in [0.1, 0.15) is 11.4 Å². The van der Waals surface area contributed by atoms with E-state index in [1.54, 1.807) is 7.05 Å². The second kappa shape index (κ2) is 3.74. The molecule has 0 aliphatic heterocycles. The minimum atomic E-state index is -1.11. The molecule has 2 heterocycles. The zero-order chi connectivity index (χ0) is 15.0. The van der Waals surface area contributed by atoms with Gasteiger partial charge in [-0.25, -0.2) is 13.8 Å². The summed E-state index contributed by atoms with van der Waals surface area (Å²) in [6.45, 7) is 0. The summed E-state index contributed by atoms with van der Waals surface area (Å²) in [7, 11) is 1.56. The first-order valence-corrected chi connectivity index (χ1v) is 7.02. The highest BCUT2D eigenvalue weighted by molar-refractivity contribution is 6.34. The van der Waals surface area contributed by atoms with Crippen LogP contribution in [0.5, 0.6) is 0 Å². The molecule has 3 saturated carbocycles. The SMILES string of the molecule is Cn1c(C(=O)NC23CC(F)(C2)C3)c(F)c2ccnc(Cl)c21. The summed E-state index contributed by atoms with van der Waals surface area (Å²) in [4.78, 5) is 16.2. The standard InChI is InChI=1S/C14H12ClF2N3O/c1-20-9-7(2-3-18-11(9)15)8(16)10(20)12(21)19-14-4-13(17,5-14)6-14/h2-3H,4-6H2,1H3,(H,19,21). The van der Waals surface area contributed by atoms with Gasteiger partial charge in [-0.2, -0.15) is 0 Å². The Labute approximate surface area is 124 Å². The lowest BCUT2D eigenvalue weighted by Gasteiger charge is -2.65. The van der Waals surface area contributed by atoms with Crippen LogP contribution in [0.3, 0.4) is 0 Å². The van der Waals surface area contributed by atoms with Crippen LogP contribution in [0.1, 0.15) is 29.8 Å². The van der Waals surface area contributed by atoms with Crippen molar-refractivity contribution in [1.29, 1.82) is 0 Å². The molecule has 21 heavy (non-hydrogen) atoms. The Morgan fingerprint density at radius 1 is 1.48 bits per heavy atom. The first-order valence-electron chi connectivity index (χ1n) is 6.64. The average molecular weight is 312 g/mol. The highest BCUT2D eigenvalue weighted by atomic mass is 35.5. The zero-order valence-corrected chi connectivity index (χ0v) is 12.0. The number of hydrogen-bond donors (Lipinski definition) is 1. The van der Waals surface area contributed by atoms with Gasteiger partial charge in [-0.05, 0) is 6.07 Å². The lowest BCUT2D eigenvalue weighted by Crippen LogP contribution is -2.76. The highest BCUT2D eigenvalue weighted by Crippen LogP contribution is 2.63. The third-order valence-electron chi connectivity index (χ3n) is 4.55. The summed E-state index contributed by atoms with van der Waals surface area (Å²) in [6, 6.07) is 1.48. The molecule has 3 aliphatic carbocycles. The molecule has 0 atom stereocenters. The number of amides is 1. The van der Waals surface area contributed by atoms with Crippen LogP contribution in [-0.4, -0.2) is 26.7 Å². The maximum Gasteiger partial charge on any atom is 0.271 e. The van der Waals surface area contributed by atoms with Gasteiger partial charge in [-0.15, -0.1) is 0 Å². The molecule has 1 amide bonds. The third kappa shape index (κ3) is 1.59. The lowest BCUT2D eigenvalue weighted by molar-refractivity contribution is -0.162. The van der Waals surface area contributed by atoms with Crippen LogP contribution in [0.4, 0.5) is 8.78 Å². The molecule has 1 N–H and O–H groups in total. The van der Waals surface area contributed by atoms with Crippen molar-refractivity contribution in [2.24, 2.45) is 7.05 Å². The van der Waals surface area contributed by atoms with Gasteiger partial charge >= 0.3 is 0 Å². The first-order chi connectivity index (χ1) is 9.84. The van der Waals surface area contributed by atoms with Crippen molar-refractivity contribution < 1.29 is 13.6 Å². The summed E-state index contributed by atoms with van der Waals surface area (Å²) in [5.41, 5.74) is -1.33. The second-order valence-corrected chi connectivity index (χ2v) is 6.49. The lowest BCUT2D eigenvalue weighted by atomic mass is 9.47. The van der Waals surface area contributed by atoms with Crippen LogP contribution in [0.25, 0.3) is 10.9 Å². The van der Waals surface area contributed by atoms with Crippen molar-refractivity contribution >= 4 is 28.4 Å². The topological polar surface area (TPSA) is 46.9 Å². The van der Waals surface area contributed by atoms with E-state index in [9.17, 15) is 13.6 Å². The van der Waals surface area contributed by atoms with E-state index in [1.807, 2.05) is 0 Å². The molecule has 2 aromatic heterocycles. The molecule has 0 unspecified atom stereocenters. The molecule has 2 aromatic rings. The molecule has 3 aliphatic rings. The first kappa shape index (κ1) is 13.0. The van der Waals surface area contributed by atoms with Gasteiger partial charge in [0.05, 0.1) is 5.52 Å². The number of fused-ring (bicyclic) bond motifs is 1. The van der Waals surface area contributed by atoms with Gasteiger partial charge in [-0.3, -0.25) is 4.79 Å². The highest BCUT2D eigenvalue weighted by Gasteiger charge is 2.70. The monoisotopic (exact) mass is 311 g/mol. The van der Waals surface area contributed by atoms with E-state index in [-0.39, 0.29) is 16.2 Å². The van der Waals surface area contributed by atoms with E-state index in [1.165, 1.54) is 16.8 Å². The van der Waals surface area contributed by atoms with Gasteiger partial charge < -0.3 is 9.88 Å². The van der Waals surface area contributed by atoms with E-state index in [2.05, 4.69) is 10.3 Å². The van der Waals surface area contributed by atoms with Crippen molar-refractivity contribution in [2.45, 2.75) is 30.5 Å². The van der Waals surface area contributed by atoms with Gasteiger partial charge in [0.25, 0.3) is 5.91 Å². The molecule has 5 rings (SSSR count). The van der Waals surface area contributed by atoms with E-state index in [4.69, 9.17) is 11.6 Å². The molecular formula is C14H12ClF2N3O. The molecule has 110 valence electrons. The summed E-state index contributed by atoms with van der Waals surface area (Å²) in [5, 5.41) is 3.15. The van der Waals surface area contributed by atoms with Crippen molar-refractivity contribution in [3.05, 3.63) is 28.9 Å². The van der Waals surface area contributed by atoms with Crippen LogP contribution < -0.4 is 5.32 Å². The number of rotatable bonds is 2. The van der Waals surface area contributed by atoms with Gasteiger partial charge in [0.15, 0.2) is 11.0 Å². The van der Waals surface area contributed by atoms with Crippen LogP contribution in [-0.2, 0) is 7.05 Å². The molecule has 0 saturated heterocycles. The fourth-order valence-electron chi connectivity index (χ4n) is 3.66. The number of nitrogens with one attached hydrogen (secondary N) is 1. The number of alkyl halides is 1. The Hall–Kier alpha value is -1.69. The smallest absolute Gasteiger partial charge is 0.271 e. The molecule has 7 heteroatoms. The number of hydrogen-bond acceptors (Lipinski definition) is 2. The summed E-state index contributed by atoms with van der Waals surface area (Å²) in [5.74, 6) is -1.17. The largest absolute Gasteiger partial charge is 0.345 e. The molecule has 0 radical (unpaired) electrons. The number of nitrogens with zero attached hydrogens (tertiary/aromatic N) is 2.